The Morgan fingerprint density at radius 1 is 0.370 bits per heavy atom. The molecule has 8 nitrogen and oxygen atoms in total. The van der Waals surface area contributed by atoms with E-state index in [1.807, 2.05) is 21.1 Å². The van der Waals surface area contributed by atoms with Gasteiger partial charge in [0, 0.05) is 13.0 Å². The molecule has 1 unspecified atom stereocenters. The Morgan fingerprint density at radius 2 is 0.630 bits per heavy atom. The number of likely N-dealkylation sites (N-methyl/N-ethyl adjacent to an activating group) is 1. The van der Waals surface area contributed by atoms with Crippen LogP contribution < -0.4 is 0 Å². The molecule has 0 aliphatic carbocycles. The first kappa shape index (κ1) is 72.5. The van der Waals surface area contributed by atoms with E-state index in [1.165, 1.54) is 295 Å². The van der Waals surface area contributed by atoms with Crippen LogP contribution in [0.1, 0.15) is 348 Å². The van der Waals surface area contributed by atoms with Gasteiger partial charge in [0.05, 0.1) is 34.4 Å². The number of rotatable bonds is 63. The summed E-state index contributed by atoms with van der Waals surface area (Å²) < 4.78 is 35.3. The molecule has 0 saturated carbocycles. The number of ether oxygens (including phenoxy) is 2. The van der Waals surface area contributed by atoms with Crippen LogP contribution in [0.2, 0.25) is 0 Å². The van der Waals surface area contributed by atoms with Crippen LogP contribution in [-0.2, 0) is 27.9 Å². The van der Waals surface area contributed by atoms with Gasteiger partial charge in [-0.15, -0.1) is 0 Å². The van der Waals surface area contributed by atoms with Crippen molar-refractivity contribution in [2.45, 2.75) is 354 Å². The SMILES string of the molecule is CCCCCCCCCCCCCCCCCCCCCCCCCCCCCCCCCCCC(=O)O[C@H](COCCCCCCCCCCCCCCCCCCCC)COP(=O)(O)OCC[N+](C)(C)C. The highest BCUT2D eigenvalue weighted by Gasteiger charge is 2.26. The van der Waals surface area contributed by atoms with Crippen molar-refractivity contribution in [2.24, 2.45) is 0 Å². The van der Waals surface area contributed by atoms with Crippen molar-refractivity contribution in [2.75, 3.05) is 54.1 Å². The third-order valence-corrected chi connectivity index (χ3v) is 16.2. The molecule has 0 aromatic rings. The Morgan fingerprint density at radius 3 is 0.904 bits per heavy atom. The highest BCUT2D eigenvalue weighted by Crippen LogP contribution is 2.43. The van der Waals surface area contributed by atoms with Crippen molar-refractivity contribution < 1.29 is 37.3 Å². The zero-order valence-corrected chi connectivity index (χ0v) is 51.1. The van der Waals surface area contributed by atoms with E-state index in [1.54, 1.807) is 0 Å². The third-order valence-electron chi connectivity index (χ3n) is 15.2. The maximum Gasteiger partial charge on any atom is 0.472 e. The lowest BCUT2D eigenvalue weighted by molar-refractivity contribution is -0.870. The van der Waals surface area contributed by atoms with Gasteiger partial charge in [0.1, 0.15) is 19.3 Å². The largest absolute Gasteiger partial charge is 0.472 e. The molecule has 2 atom stereocenters. The van der Waals surface area contributed by atoms with Crippen molar-refractivity contribution in [3.63, 3.8) is 0 Å². The topological polar surface area (TPSA) is 91.3 Å². The number of carbonyl (C=O) groups excluding carboxylic acids is 1. The molecule has 0 aromatic carbocycles. The molecule has 0 radical (unpaired) electrons. The fraction of sp³-hybridized carbons (Fsp3) is 0.984. The van der Waals surface area contributed by atoms with Crippen molar-refractivity contribution in [1.29, 1.82) is 0 Å². The van der Waals surface area contributed by atoms with Gasteiger partial charge in [-0.05, 0) is 12.8 Å². The van der Waals surface area contributed by atoms with Crippen molar-refractivity contribution in [1.82, 2.24) is 0 Å². The van der Waals surface area contributed by atoms with E-state index in [-0.39, 0.29) is 25.8 Å². The summed E-state index contributed by atoms with van der Waals surface area (Å²) in [5.41, 5.74) is 0. The molecule has 0 saturated heterocycles. The van der Waals surface area contributed by atoms with E-state index < -0.39 is 13.9 Å². The minimum absolute atomic E-state index is 0.0946. The summed E-state index contributed by atoms with van der Waals surface area (Å²) in [4.78, 5) is 23.1. The van der Waals surface area contributed by atoms with Crippen LogP contribution in [0.5, 0.6) is 0 Å². The molecule has 0 heterocycles. The second kappa shape index (κ2) is 57.7. The van der Waals surface area contributed by atoms with Gasteiger partial charge in [-0.25, -0.2) is 4.57 Å². The summed E-state index contributed by atoms with van der Waals surface area (Å²) in [6.07, 6.45) is 69.2. The molecule has 0 amide bonds. The molecule has 9 heteroatoms. The zero-order chi connectivity index (χ0) is 53.3. The molecule has 0 bridgehead atoms. The highest BCUT2D eigenvalue weighted by molar-refractivity contribution is 7.47. The number of nitrogens with zero attached hydrogens (tertiary/aromatic N) is 1. The predicted octanol–water partition coefficient (Wildman–Crippen LogP) is 21.1. The monoisotopic (exact) mass is 1060 g/mol. The molecule has 0 aliphatic heterocycles. The average Bonchev–Trinajstić information content (AvgIpc) is 3.35. The number of esters is 1. The maximum atomic E-state index is 12.8. The van der Waals surface area contributed by atoms with Crippen LogP contribution in [0.25, 0.3) is 0 Å². The Hall–Kier alpha value is -0.500. The van der Waals surface area contributed by atoms with Crippen LogP contribution in [0.15, 0.2) is 0 Å². The standard InChI is InChI=1S/C64H130NO7P/c1-6-8-10-12-14-16-18-20-22-24-26-27-28-29-30-31-32-33-34-35-36-37-38-39-40-41-43-45-47-49-51-53-55-57-64(66)72-63(62-71-73(67,68)70-60-58-65(3,4)5)61-69-59-56-54-52-50-48-46-44-42-25-23-21-19-17-15-13-11-9-7-2/h63H,6-62H2,1-5H3/p+1/t63-/m1/s1. The molecular weight excluding hydrogens is 926 g/mol. The first-order valence-corrected chi connectivity index (χ1v) is 34.3. The van der Waals surface area contributed by atoms with Crippen molar-refractivity contribution >= 4 is 13.8 Å². The highest BCUT2D eigenvalue weighted by atomic mass is 31.2. The summed E-state index contributed by atoms with van der Waals surface area (Å²) in [6.45, 7) is 5.73. The van der Waals surface area contributed by atoms with Crippen LogP contribution in [-0.4, -0.2) is 75.6 Å². The minimum atomic E-state index is -4.28. The van der Waals surface area contributed by atoms with E-state index in [4.69, 9.17) is 18.5 Å². The van der Waals surface area contributed by atoms with Crippen LogP contribution in [0.3, 0.4) is 0 Å². The smallest absolute Gasteiger partial charge is 0.457 e. The van der Waals surface area contributed by atoms with Gasteiger partial charge in [-0.1, -0.05) is 328 Å². The van der Waals surface area contributed by atoms with Crippen molar-refractivity contribution in [3.05, 3.63) is 0 Å². The maximum absolute atomic E-state index is 12.8. The molecule has 73 heavy (non-hydrogen) atoms. The van der Waals surface area contributed by atoms with E-state index in [0.29, 0.717) is 24.1 Å². The summed E-state index contributed by atoms with van der Waals surface area (Å²) in [6, 6.07) is 0. The molecule has 0 rings (SSSR count). The average molecular weight is 1060 g/mol. The van der Waals surface area contributed by atoms with Gasteiger partial charge < -0.3 is 18.9 Å². The van der Waals surface area contributed by atoms with Gasteiger partial charge in [0.15, 0.2) is 0 Å². The van der Waals surface area contributed by atoms with Crippen molar-refractivity contribution in [3.8, 4) is 0 Å². The summed E-state index contributed by atoms with van der Waals surface area (Å²) in [5.74, 6) is -0.301. The lowest BCUT2D eigenvalue weighted by Crippen LogP contribution is -2.37. The lowest BCUT2D eigenvalue weighted by Gasteiger charge is -2.24. The fourth-order valence-corrected chi connectivity index (χ4v) is 10.9. The Labute approximate surface area is 457 Å². The van der Waals surface area contributed by atoms with E-state index in [2.05, 4.69) is 13.8 Å². The van der Waals surface area contributed by atoms with Crippen LogP contribution >= 0.6 is 7.82 Å². The molecule has 0 spiro atoms. The van der Waals surface area contributed by atoms with E-state index in [0.717, 1.165) is 32.1 Å². The molecule has 438 valence electrons. The number of phosphoric acid groups is 1. The molecule has 1 N–H and O–H groups in total. The number of phosphoric ester groups is 1. The first-order valence-electron chi connectivity index (χ1n) is 32.8. The Bertz CT molecular complexity index is 1130. The van der Waals surface area contributed by atoms with Gasteiger partial charge in [0.25, 0.3) is 0 Å². The van der Waals surface area contributed by atoms with E-state index >= 15 is 0 Å². The van der Waals surface area contributed by atoms with Gasteiger partial charge >= 0.3 is 13.8 Å². The van der Waals surface area contributed by atoms with Gasteiger partial charge in [-0.2, -0.15) is 0 Å². The van der Waals surface area contributed by atoms with Gasteiger partial charge in [-0.3, -0.25) is 13.8 Å². The first-order chi connectivity index (χ1) is 35.6. The quantitative estimate of drug-likeness (QED) is 0.0281. The normalized spacial score (nSPS) is 13.2. The number of carbonyl (C=O) groups is 1. The minimum Gasteiger partial charge on any atom is -0.457 e. The number of hydrogen-bond acceptors (Lipinski definition) is 6. The Kier molecular flexibility index (Phi) is 57.3. The second-order valence-corrected chi connectivity index (χ2v) is 25.3. The molecule has 0 aliphatic rings. The van der Waals surface area contributed by atoms with Gasteiger partial charge in [0.2, 0.25) is 0 Å². The molecule has 0 fully saturated rings. The number of quaternary nitrogens is 1. The predicted molar refractivity (Wildman–Crippen MR) is 317 cm³/mol. The third kappa shape index (κ3) is 62.2. The van der Waals surface area contributed by atoms with E-state index in [9.17, 15) is 14.3 Å². The number of unbranched alkanes of at least 4 members (excludes halogenated alkanes) is 49. The number of hydrogen-bond donors (Lipinski definition) is 1. The zero-order valence-electron chi connectivity index (χ0n) is 50.2. The molecular formula is C64H131NO7P+. The summed E-state index contributed by atoms with van der Waals surface area (Å²) in [5, 5.41) is 0. The second-order valence-electron chi connectivity index (χ2n) is 23.9. The fourth-order valence-electron chi connectivity index (χ4n) is 10.1. The van der Waals surface area contributed by atoms with Crippen LogP contribution in [0.4, 0.5) is 0 Å². The lowest BCUT2D eigenvalue weighted by atomic mass is 10.0. The summed E-state index contributed by atoms with van der Waals surface area (Å²) >= 11 is 0. The summed E-state index contributed by atoms with van der Waals surface area (Å²) in [7, 11) is 1.70. The van der Waals surface area contributed by atoms with Crippen LogP contribution in [0, 0.1) is 0 Å². The molecule has 0 aromatic heterocycles. The Balaban J connectivity index is 3.86.